The zero-order chi connectivity index (χ0) is 17.8. The zero-order valence-electron chi connectivity index (χ0n) is 12.9. The molecule has 0 saturated carbocycles. The van der Waals surface area contributed by atoms with E-state index in [4.69, 9.17) is 4.74 Å². The summed E-state index contributed by atoms with van der Waals surface area (Å²) in [6.45, 7) is 0. The number of hydrogen-bond donors (Lipinski definition) is 0. The number of aryl methyl sites for hydroxylation is 1. The molecule has 0 aliphatic carbocycles. The van der Waals surface area contributed by atoms with Gasteiger partial charge in [-0.2, -0.15) is 13.2 Å². The summed E-state index contributed by atoms with van der Waals surface area (Å²) < 4.78 is 47.8. The van der Waals surface area contributed by atoms with Gasteiger partial charge in [0, 0.05) is 19.5 Å². The summed E-state index contributed by atoms with van der Waals surface area (Å²) in [7, 11) is 3.69. The molecule has 0 spiro atoms. The van der Waals surface area contributed by atoms with Crippen LogP contribution in [0.4, 0.5) is 13.2 Å². The maximum Gasteiger partial charge on any atom is 0.417 e. The Hall–Kier alpha value is -2.84. The van der Waals surface area contributed by atoms with Gasteiger partial charge in [0.05, 0.1) is 18.1 Å². The number of methoxy groups -OCH3 is 1. The van der Waals surface area contributed by atoms with Gasteiger partial charge in [-0.1, -0.05) is 12.1 Å². The second kappa shape index (κ2) is 5.08. The lowest BCUT2D eigenvalue weighted by Gasteiger charge is -2.16. The molecule has 9 heteroatoms. The van der Waals surface area contributed by atoms with Crippen LogP contribution in [0.1, 0.15) is 5.56 Å². The largest absolute Gasteiger partial charge is 0.494 e. The molecule has 6 nitrogen and oxygen atoms in total. The van der Waals surface area contributed by atoms with Crippen molar-refractivity contribution in [3.8, 4) is 5.75 Å². The summed E-state index contributed by atoms with van der Waals surface area (Å²) in [6, 6.07) is 4.06. The van der Waals surface area contributed by atoms with Gasteiger partial charge < -0.3 is 4.74 Å². The maximum atomic E-state index is 13.7. The number of hydrogen-bond acceptors (Lipinski definition) is 4. The second-order valence-electron chi connectivity index (χ2n) is 5.25. The highest BCUT2D eigenvalue weighted by Crippen LogP contribution is 2.39. The lowest BCUT2D eigenvalue weighted by atomic mass is 10.0. The van der Waals surface area contributed by atoms with Crippen LogP contribution < -0.4 is 16.0 Å². The van der Waals surface area contributed by atoms with E-state index < -0.39 is 28.4 Å². The van der Waals surface area contributed by atoms with Crippen LogP contribution in [-0.2, 0) is 20.3 Å². The average Bonchev–Trinajstić information content (AvgIpc) is 2.54. The number of pyridine rings is 1. The lowest BCUT2D eigenvalue weighted by Crippen LogP contribution is -2.38. The Morgan fingerprint density at radius 3 is 2.38 bits per heavy atom. The molecule has 0 fully saturated rings. The average molecular weight is 339 g/mol. The van der Waals surface area contributed by atoms with Gasteiger partial charge in [0.2, 0.25) is 0 Å². The molecular formula is C15H12F3N3O3. The molecular weight excluding hydrogens is 327 g/mol. The van der Waals surface area contributed by atoms with E-state index in [0.29, 0.717) is 4.57 Å². The number of rotatable bonds is 1. The van der Waals surface area contributed by atoms with Crippen molar-refractivity contribution in [3.63, 3.8) is 0 Å². The summed E-state index contributed by atoms with van der Waals surface area (Å²) in [5, 5.41) is -0.905. The van der Waals surface area contributed by atoms with Crippen molar-refractivity contribution < 1.29 is 17.9 Å². The fourth-order valence-corrected chi connectivity index (χ4v) is 2.72. The third-order valence-corrected chi connectivity index (χ3v) is 3.87. The minimum atomic E-state index is -4.81. The zero-order valence-corrected chi connectivity index (χ0v) is 12.9. The van der Waals surface area contributed by atoms with E-state index in [9.17, 15) is 22.8 Å². The number of benzene rings is 1. The fourth-order valence-electron chi connectivity index (χ4n) is 2.72. The van der Waals surface area contributed by atoms with Crippen molar-refractivity contribution in [1.29, 1.82) is 0 Å². The van der Waals surface area contributed by atoms with Gasteiger partial charge in [0.1, 0.15) is 11.3 Å². The summed E-state index contributed by atoms with van der Waals surface area (Å²) in [5.74, 6) is 0.119. The Bertz CT molecular complexity index is 1100. The van der Waals surface area contributed by atoms with E-state index in [1.807, 2.05) is 0 Å². The SMILES string of the molecule is COc1cccc2c(C(F)(F)F)c3c(=O)n(C)c(=O)n(C)c3nc12. The molecule has 0 N–H and O–H groups in total. The summed E-state index contributed by atoms with van der Waals surface area (Å²) in [4.78, 5) is 28.5. The molecule has 0 aliphatic rings. The minimum Gasteiger partial charge on any atom is -0.494 e. The number of halogens is 3. The molecule has 24 heavy (non-hydrogen) atoms. The molecule has 0 amide bonds. The first-order chi connectivity index (χ1) is 11.2. The molecule has 0 unspecified atom stereocenters. The van der Waals surface area contributed by atoms with Crippen molar-refractivity contribution in [2.75, 3.05) is 7.11 Å². The van der Waals surface area contributed by atoms with Crippen LogP contribution in [0.3, 0.4) is 0 Å². The summed E-state index contributed by atoms with van der Waals surface area (Å²) in [5.41, 5.74) is -3.34. The Morgan fingerprint density at radius 2 is 1.79 bits per heavy atom. The van der Waals surface area contributed by atoms with Crippen molar-refractivity contribution in [1.82, 2.24) is 14.1 Å². The first kappa shape index (κ1) is 16.0. The number of para-hydroxylation sites is 1. The summed E-state index contributed by atoms with van der Waals surface area (Å²) in [6.07, 6.45) is -4.81. The number of fused-ring (bicyclic) bond motifs is 2. The molecule has 0 atom stereocenters. The first-order valence-corrected chi connectivity index (χ1v) is 6.82. The van der Waals surface area contributed by atoms with Gasteiger partial charge in [0.15, 0.2) is 5.65 Å². The van der Waals surface area contributed by atoms with Gasteiger partial charge in [0.25, 0.3) is 5.56 Å². The quantitative estimate of drug-likeness (QED) is 0.634. The van der Waals surface area contributed by atoms with Crippen molar-refractivity contribution in [3.05, 3.63) is 44.6 Å². The number of alkyl halides is 3. The van der Waals surface area contributed by atoms with Gasteiger partial charge in [-0.3, -0.25) is 13.9 Å². The van der Waals surface area contributed by atoms with E-state index in [1.54, 1.807) is 0 Å². The number of aromatic nitrogens is 3. The predicted octanol–water partition coefficient (Wildman–Crippen LogP) is 1.81. The molecule has 3 rings (SSSR count). The third-order valence-electron chi connectivity index (χ3n) is 3.87. The monoisotopic (exact) mass is 339 g/mol. The molecule has 3 aromatic rings. The number of ether oxygens (including phenoxy) is 1. The predicted molar refractivity (Wildman–Crippen MR) is 81.3 cm³/mol. The van der Waals surface area contributed by atoms with E-state index in [1.165, 1.54) is 32.4 Å². The Labute approximate surface area is 132 Å². The number of nitrogens with zero attached hydrogens (tertiary/aromatic N) is 3. The van der Waals surface area contributed by atoms with Crippen LogP contribution in [-0.4, -0.2) is 21.2 Å². The topological polar surface area (TPSA) is 66.1 Å². The highest BCUT2D eigenvalue weighted by Gasteiger charge is 2.37. The highest BCUT2D eigenvalue weighted by molar-refractivity contribution is 5.98. The second-order valence-corrected chi connectivity index (χ2v) is 5.25. The van der Waals surface area contributed by atoms with Crippen molar-refractivity contribution >= 4 is 21.9 Å². The fraction of sp³-hybridized carbons (Fsp3) is 0.267. The smallest absolute Gasteiger partial charge is 0.417 e. The normalized spacial score (nSPS) is 12.1. The van der Waals surface area contributed by atoms with Gasteiger partial charge in [-0.05, 0) is 6.07 Å². The standard InChI is InChI=1S/C15H12F3N3O3/c1-20-12-9(13(22)21(2)14(20)23)10(15(16,17)18)7-5-4-6-8(24-3)11(7)19-12/h4-6H,1-3H3. The Balaban J connectivity index is 2.78. The summed E-state index contributed by atoms with van der Waals surface area (Å²) >= 11 is 0. The molecule has 2 heterocycles. The van der Waals surface area contributed by atoms with Gasteiger partial charge in [-0.15, -0.1) is 0 Å². The van der Waals surface area contributed by atoms with E-state index in [0.717, 1.165) is 11.6 Å². The van der Waals surface area contributed by atoms with E-state index >= 15 is 0 Å². The Morgan fingerprint density at radius 1 is 1.12 bits per heavy atom. The van der Waals surface area contributed by atoms with Crippen LogP contribution in [0.2, 0.25) is 0 Å². The first-order valence-electron chi connectivity index (χ1n) is 6.82. The van der Waals surface area contributed by atoms with Gasteiger partial charge >= 0.3 is 11.9 Å². The van der Waals surface area contributed by atoms with E-state index in [2.05, 4.69) is 4.98 Å². The third kappa shape index (κ3) is 2.08. The molecule has 2 aromatic heterocycles. The highest BCUT2D eigenvalue weighted by atomic mass is 19.4. The van der Waals surface area contributed by atoms with Crippen LogP contribution in [0, 0.1) is 0 Å². The molecule has 0 saturated heterocycles. The van der Waals surface area contributed by atoms with Crippen LogP contribution in [0.5, 0.6) is 5.75 Å². The minimum absolute atomic E-state index is 0.0666. The van der Waals surface area contributed by atoms with Crippen LogP contribution >= 0.6 is 0 Å². The molecule has 0 bridgehead atoms. The van der Waals surface area contributed by atoms with Crippen molar-refractivity contribution in [2.24, 2.45) is 14.1 Å². The van der Waals surface area contributed by atoms with Crippen molar-refractivity contribution in [2.45, 2.75) is 6.18 Å². The lowest BCUT2D eigenvalue weighted by molar-refractivity contribution is -0.135. The maximum absolute atomic E-state index is 13.7. The van der Waals surface area contributed by atoms with Gasteiger partial charge in [-0.25, -0.2) is 9.78 Å². The molecule has 0 radical (unpaired) electrons. The molecule has 1 aromatic carbocycles. The molecule has 0 aliphatic heterocycles. The Kier molecular flexibility index (Phi) is 3.40. The van der Waals surface area contributed by atoms with E-state index in [-0.39, 0.29) is 22.3 Å². The van der Waals surface area contributed by atoms with Crippen LogP contribution in [0.15, 0.2) is 27.8 Å². The molecule has 126 valence electrons. The van der Waals surface area contributed by atoms with Crippen LogP contribution in [0.25, 0.3) is 21.9 Å².